The summed E-state index contributed by atoms with van der Waals surface area (Å²) in [7, 11) is 0. The first-order chi connectivity index (χ1) is 14.4. The maximum Gasteiger partial charge on any atom is 0.422 e. The van der Waals surface area contributed by atoms with Gasteiger partial charge in [0.25, 0.3) is 0 Å². The zero-order valence-corrected chi connectivity index (χ0v) is 16.2. The molecule has 3 rings (SSSR count). The molecule has 7 nitrogen and oxygen atoms in total. The number of fused-ring (bicyclic) bond motifs is 1. The van der Waals surface area contributed by atoms with E-state index in [1.807, 2.05) is 35.2 Å². The van der Waals surface area contributed by atoms with E-state index in [1.54, 1.807) is 0 Å². The van der Waals surface area contributed by atoms with Crippen LogP contribution in [0.5, 0.6) is 5.88 Å². The molecule has 0 saturated carbocycles. The van der Waals surface area contributed by atoms with Crippen molar-refractivity contribution in [1.29, 1.82) is 5.26 Å². The Bertz CT molecular complexity index is 887. The summed E-state index contributed by atoms with van der Waals surface area (Å²) >= 11 is 0. The average Bonchev–Trinajstić information content (AvgIpc) is 2.94. The second kappa shape index (κ2) is 9.63. The summed E-state index contributed by atoms with van der Waals surface area (Å²) in [6.07, 6.45) is -2.71. The number of aromatic nitrogens is 2. The van der Waals surface area contributed by atoms with Gasteiger partial charge >= 0.3 is 6.18 Å². The SMILES string of the molecule is N#Cc1c(OCC(F)(F)F)nc(NCCCO)nc1N1CCc2ccccc2CC1. The second-order valence-corrected chi connectivity index (χ2v) is 6.83. The van der Waals surface area contributed by atoms with E-state index in [-0.39, 0.29) is 23.9 Å². The number of alkyl halides is 3. The van der Waals surface area contributed by atoms with Crippen LogP contribution in [0.2, 0.25) is 0 Å². The van der Waals surface area contributed by atoms with Crippen molar-refractivity contribution in [1.82, 2.24) is 9.97 Å². The van der Waals surface area contributed by atoms with Gasteiger partial charge < -0.3 is 20.1 Å². The zero-order chi connectivity index (χ0) is 21.6. The molecule has 1 aliphatic rings. The summed E-state index contributed by atoms with van der Waals surface area (Å²) in [4.78, 5) is 10.2. The molecule has 2 heterocycles. The predicted octanol–water partition coefficient (Wildman–Crippen LogP) is 2.69. The van der Waals surface area contributed by atoms with E-state index in [9.17, 15) is 18.4 Å². The van der Waals surface area contributed by atoms with Crippen molar-refractivity contribution >= 4 is 11.8 Å². The third-order valence-corrected chi connectivity index (χ3v) is 4.68. The van der Waals surface area contributed by atoms with Crippen molar-refractivity contribution in [2.45, 2.75) is 25.4 Å². The number of aliphatic hydroxyl groups is 1. The second-order valence-electron chi connectivity index (χ2n) is 6.83. The standard InChI is InChI=1S/C20H22F3N5O2/c21-20(22,23)13-30-18-16(12-24)17(26-19(27-18)25-8-3-11-29)28-9-6-14-4-1-2-5-15(14)7-10-28/h1-2,4-5,29H,3,6-11,13H2,(H,25,26,27). The molecule has 2 aromatic rings. The van der Waals surface area contributed by atoms with E-state index < -0.39 is 18.7 Å². The van der Waals surface area contributed by atoms with Gasteiger partial charge in [-0.3, -0.25) is 0 Å². The number of hydrogen-bond donors (Lipinski definition) is 2. The lowest BCUT2D eigenvalue weighted by Crippen LogP contribution is -2.29. The van der Waals surface area contributed by atoms with E-state index in [0.29, 0.717) is 26.1 Å². The maximum absolute atomic E-state index is 12.7. The van der Waals surface area contributed by atoms with Gasteiger partial charge in [0.05, 0.1) is 0 Å². The normalized spacial score (nSPS) is 13.9. The number of ether oxygens (including phenoxy) is 1. The highest BCUT2D eigenvalue weighted by Crippen LogP contribution is 2.30. The lowest BCUT2D eigenvalue weighted by molar-refractivity contribution is -0.154. The summed E-state index contributed by atoms with van der Waals surface area (Å²) in [5.74, 6) is -0.117. The highest BCUT2D eigenvalue weighted by molar-refractivity contribution is 5.61. The molecule has 0 atom stereocenters. The summed E-state index contributed by atoms with van der Waals surface area (Å²) in [6, 6.07) is 9.93. The monoisotopic (exact) mass is 421 g/mol. The molecule has 160 valence electrons. The topological polar surface area (TPSA) is 94.3 Å². The smallest absolute Gasteiger partial charge is 0.422 e. The molecule has 0 unspecified atom stereocenters. The van der Waals surface area contributed by atoms with Crippen molar-refractivity contribution in [2.75, 3.05) is 43.1 Å². The summed E-state index contributed by atoms with van der Waals surface area (Å²) < 4.78 is 42.9. The van der Waals surface area contributed by atoms with Gasteiger partial charge in [0, 0.05) is 26.2 Å². The number of benzene rings is 1. The van der Waals surface area contributed by atoms with E-state index in [1.165, 1.54) is 11.1 Å². The van der Waals surface area contributed by atoms with Crippen LogP contribution in [0.3, 0.4) is 0 Å². The van der Waals surface area contributed by atoms with Gasteiger partial charge in [-0.25, -0.2) is 0 Å². The Morgan fingerprint density at radius 2 is 1.83 bits per heavy atom. The summed E-state index contributed by atoms with van der Waals surface area (Å²) in [5.41, 5.74) is 2.27. The van der Waals surface area contributed by atoms with Gasteiger partial charge in [-0.05, 0) is 30.4 Å². The molecule has 10 heteroatoms. The molecule has 0 fully saturated rings. The summed E-state index contributed by atoms with van der Waals surface area (Å²) in [6.45, 7) is -0.182. The quantitative estimate of drug-likeness (QED) is 0.664. The Hall–Kier alpha value is -3.06. The minimum absolute atomic E-state index is 0.0522. The minimum atomic E-state index is -4.56. The Morgan fingerprint density at radius 3 is 2.40 bits per heavy atom. The fraction of sp³-hybridized carbons (Fsp3) is 0.450. The average molecular weight is 421 g/mol. The molecule has 2 N–H and O–H groups in total. The third-order valence-electron chi connectivity index (χ3n) is 4.68. The fourth-order valence-corrected chi connectivity index (χ4v) is 3.25. The van der Waals surface area contributed by atoms with Crippen LogP contribution in [0.1, 0.15) is 23.1 Å². The first-order valence-electron chi connectivity index (χ1n) is 9.59. The van der Waals surface area contributed by atoms with Crippen LogP contribution in [0.15, 0.2) is 24.3 Å². The van der Waals surface area contributed by atoms with Crippen molar-refractivity contribution < 1.29 is 23.0 Å². The van der Waals surface area contributed by atoms with Crippen LogP contribution in [-0.2, 0) is 12.8 Å². The number of nitrogens with zero attached hydrogens (tertiary/aromatic N) is 4. The zero-order valence-electron chi connectivity index (χ0n) is 16.2. The predicted molar refractivity (Wildman–Crippen MR) is 105 cm³/mol. The number of aliphatic hydroxyl groups excluding tert-OH is 1. The number of anilines is 2. The minimum Gasteiger partial charge on any atom is -0.467 e. The third kappa shape index (κ3) is 5.51. The molecule has 0 aliphatic carbocycles. The van der Waals surface area contributed by atoms with Gasteiger partial charge in [-0.1, -0.05) is 24.3 Å². The maximum atomic E-state index is 12.7. The summed E-state index contributed by atoms with van der Waals surface area (Å²) in [5, 5.41) is 21.5. The van der Waals surface area contributed by atoms with Crippen molar-refractivity contribution in [3.8, 4) is 11.9 Å². The van der Waals surface area contributed by atoms with Gasteiger partial charge in [0.2, 0.25) is 11.8 Å². The molecular weight excluding hydrogens is 399 g/mol. The van der Waals surface area contributed by atoms with Crippen LogP contribution < -0.4 is 15.0 Å². The highest BCUT2D eigenvalue weighted by Gasteiger charge is 2.31. The fourth-order valence-electron chi connectivity index (χ4n) is 3.25. The van der Waals surface area contributed by atoms with Crippen LogP contribution in [0, 0.1) is 11.3 Å². The lowest BCUT2D eigenvalue weighted by atomic mass is 10.0. The molecule has 0 spiro atoms. The molecule has 0 amide bonds. The Labute approximate surface area is 172 Å². The van der Waals surface area contributed by atoms with Crippen molar-refractivity contribution in [3.63, 3.8) is 0 Å². The largest absolute Gasteiger partial charge is 0.467 e. The van der Waals surface area contributed by atoms with E-state index in [4.69, 9.17) is 9.84 Å². The first-order valence-corrected chi connectivity index (χ1v) is 9.59. The van der Waals surface area contributed by atoms with Crippen molar-refractivity contribution in [2.24, 2.45) is 0 Å². The molecule has 0 bridgehead atoms. The van der Waals surface area contributed by atoms with Crippen molar-refractivity contribution in [3.05, 3.63) is 41.0 Å². The van der Waals surface area contributed by atoms with Gasteiger partial charge in [-0.2, -0.15) is 28.4 Å². The van der Waals surface area contributed by atoms with Gasteiger partial charge in [0.15, 0.2) is 18.0 Å². The van der Waals surface area contributed by atoms with E-state index in [0.717, 1.165) is 12.8 Å². The van der Waals surface area contributed by atoms with E-state index in [2.05, 4.69) is 15.3 Å². The Morgan fingerprint density at radius 1 is 1.17 bits per heavy atom. The Kier molecular flexibility index (Phi) is 6.95. The molecule has 1 aromatic carbocycles. The van der Waals surface area contributed by atoms with Crippen LogP contribution in [0.25, 0.3) is 0 Å². The number of nitriles is 1. The molecule has 1 aromatic heterocycles. The molecule has 0 saturated heterocycles. The lowest BCUT2D eigenvalue weighted by Gasteiger charge is -2.24. The molecule has 0 radical (unpaired) electrons. The molecule has 30 heavy (non-hydrogen) atoms. The Balaban J connectivity index is 1.92. The van der Waals surface area contributed by atoms with Gasteiger partial charge in [-0.15, -0.1) is 0 Å². The number of hydrogen-bond acceptors (Lipinski definition) is 7. The highest BCUT2D eigenvalue weighted by atomic mass is 19.4. The van der Waals surface area contributed by atoms with Gasteiger partial charge in [0.1, 0.15) is 6.07 Å². The molecule has 1 aliphatic heterocycles. The van der Waals surface area contributed by atoms with Crippen LogP contribution in [0.4, 0.5) is 24.9 Å². The van der Waals surface area contributed by atoms with Crippen LogP contribution >= 0.6 is 0 Å². The number of halogens is 3. The van der Waals surface area contributed by atoms with E-state index >= 15 is 0 Å². The number of rotatable bonds is 7. The van der Waals surface area contributed by atoms with Crippen LogP contribution in [-0.4, -0.2) is 54.1 Å². The molecular formula is C20H22F3N5O2. The first kappa shape index (κ1) is 21.6. The number of nitrogens with one attached hydrogen (secondary N) is 1.